The molecule has 2 aromatic rings. The molecule has 1 N–H and O–H groups in total. The van der Waals surface area contributed by atoms with Crippen molar-refractivity contribution in [3.63, 3.8) is 0 Å². The molecule has 0 aliphatic carbocycles. The van der Waals surface area contributed by atoms with Gasteiger partial charge in [0.25, 0.3) is 11.6 Å². The van der Waals surface area contributed by atoms with E-state index in [2.05, 4.69) is 47.2 Å². The molecule has 1 amide bonds. The lowest BCUT2D eigenvalue weighted by Crippen LogP contribution is -2.24. The van der Waals surface area contributed by atoms with Gasteiger partial charge in [0.2, 0.25) is 0 Å². The Morgan fingerprint density at radius 2 is 2.00 bits per heavy atom. The molecule has 0 heterocycles. The van der Waals surface area contributed by atoms with Crippen LogP contribution in [0.4, 0.5) is 5.69 Å². The van der Waals surface area contributed by atoms with Gasteiger partial charge in [0.05, 0.1) is 21.2 Å². The van der Waals surface area contributed by atoms with Crippen LogP contribution in [0.25, 0.3) is 0 Å². The molecule has 0 aromatic heterocycles. The standard InChI is InChI=1S/C19H20BrN3O4/c1-19(2,3)14-8-9-17(15(20)10-14)27-12-18(24)22-21-11-13-6-4-5-7-16(13)23(25)26/h4-11H,12H2,1-3H3,(H,22,24)/b21-11-. The highest BCUT2D eigenvalue weighted by Gasteiger charge is 2.15. The lowest BCUT2D eigenvalue weighted by Gasteiger charge is -2.20. The van der Waals surface area contributed by atoms with Crippen molar-refractivity contribution in [1.29, 1.82) is 0 Å². The highest BCUT2D eigenvalue weighted by Crippen LogP contribution is 2.31. The molecular formula is C19H20BrN3O4. The molecule has 0 unspecified atom stereocenters. The van der Waals surface area contributed by atoms with Crippen molar-refractivity contribution in [3.05, 3.63) is 68.2 Å². The number of nitrogens with one attached hydrogen (secondary N) is 1. The minimum Gasteiger partial charge on any atom is -0.483 e. The number of nitro groups is 1. The Balaban J connectivity index is 1.93. The molecule has 8 heteroatoms. The summed E-state index contributed by atoms with van der Waals surface area (Å²) in [6, 6.07) is 11.8. The molecule has 7 nitrogen and oxygen atoms in total. The van der Waals surface area contributed by atoms with Gasteiger partial charge in [-0.1, -0.05) is 39.0 Å². The molecule has 27 heavy (non-hydrogen) atoms. The molecule has 0 radical (unpaired) electrons. The van der Waals surface area contributed by atoms with E-state index in [0.717, 1.165) is 10.0 Å². The average Bonchev–Trinajstić information content (AvgIpc) is 2.60. The number of amides is 1. The summed E-state index contributed by atoms with van der Waals surface area (Å²) in [5.41, 5.74) is 3.64. The third-order valence-corrected chi connectivity index (χ3v) is 4.30. The Labute approximate surface area is 165 Å². The van der Waals surface area contributed by atoms with Crippen LogP contribution in [0.15, 0.2) is 52.0 Å². The zero-order valence-electron chi connectivity index (χ0n) is 15.2. The fourth-order valence-electron chi connectivity index (χ4n) is 2.20. The van der Waals surface area contributed by atoms with E-state index in [9.17, 15) is 14.9 Å². The van der Waals surface area contributed by atoms with Crippen LogP contribution in [0.3, 0.4) is 0 Å². The Morgan fingerprint density at radius 1 is 1.30 bits per heavy atom. The maximum atomic E-state index is 11.9. The van der Waals surface area contributed by atoms with Gasteiger partial charge in [0, 0.05) is 6.07 Å². The second-order valence-electron chi connectivity index (χ2n) is 6.79. The third-order valence-electron chi connectivity index (χ3n) is 3.68. The Bertz CT molecular complexity index is 875. The average molecular weight is 434 g/mol. The lowest BCUT2D eigenvalue weighted by atomic mass is 9.87. The maximum Gasteiger partial charge on any atom is 0.278 e. The summed E-state index contributed by atoms with van der Waals surface area (Å²) < 4.78 is 6.25. The van der Waals surface area contributed by atoms with Crippen molar-refractivity contribution >= 4 is 33.7 Å². The molecule has 0 saturated heterocycles. The molecule has 142 valence electrons. The zero-order valence-corrected chi connectivity index (χ0v) is 16.8. The van der Waals surface area contributed by atoms with Gasteiger partial charge in [-0.2, -0.15) is 5.10 Å². The van der Waals surface area contributed by atoms with Crippen LogP contribution in [0.2, 0.25) is 0 Å². The fraction of sp³-hybridized carbons (Fsp3) is 0.263. The summed E-state index contributed by atoms with van der Waals surface area (Å²) >= 11 is 3.44. The Morgan fingerprint density at radius 3 is 2.63 bits per heavy atom. The van der Waals surface area contributed by atoms with E-state index in [1.165, 1.54) is 18.3 Å². The van der Waals surface area contributed by atoms with Crippen LogP contribution < -0.4 is 10.2 Å². The fourth-order valence-corrected chi connectivity index (χ4v) is 2.69. The van der Waals surface area contributed by atoms with Gasteiger partial charge in [0.1, 0.15) is 5.75 Å². The summed E-state index contributed by atoms with van der Waals surface area (Å²) in [7, 11) is 0. The van der Waals surface area contributed by atoms with Crippen molar-refractivity contribution in [3.8, 4) is 5.75 Å². The smallest absolute Gasteiger partial charge is 0.278 e. The first-order valence-corrected chi connectivity index (χ1v) is 8.96. The number of hydrogen-bond donors (Lipinski definition) is 1. The van der Waals surface area contributed by atoms with Crippen LogP contribution in [-0.2, 0) is 10.2 Å². The number of hydrogen-bond acceptors (Lipinski definition) is 5. The van der Waals surface area contributed by atoms with Gasteiger partial charge >= 0.3 is 0 Å². The first-order chi connectivity index (χ1) is 12.7. The van der Waals surface area contributed by atoms with Gasteiger partial charge in [-0.15, -0.1) is 0 Å². The number of nitro benzene ring substituents is 1. The monoisotopic (exact) mass is 433 g/mol. The van der Waals surface area contributed by atoms with Gasteiger partial charge in [-0.05, 0) is 45.1 Å². The van der Waals surface area contributed by atoms with E-state index in [0.29, 0.717) is 11.3 Å². The minimum absolute atomic E-state index is 0.00713. The predicted octanol–water partition coefficient (Wildman–Crippen LogP) is 4.18. The lowest BCUT2D eigenvalue weighted by molar-refractivity contribution is -0.385. The first kappa shape index (κ1) is 20.6. The van der Waals surface area contributed by atoms with Crippen molar-refractivity contribution < 1.29 is 14.5 Å². The number of hydrazone groups is 1. The second kappa shape index (κ2) is 8.77. The quantitative estimate of drug-likeness (QED) is 0.419. The van der Waals surface area contributed by atoms with Crippen LogP contribution in [-0.4, -0.2) is 23.7 Å². The predicted molar refractivity (Wildman–Crippen MR) is 107 cm³/mol. The number of ether oxygens (including phenoxy) is 1. The van der Waals surface area contributed by atoms with Crippen LogP contribution in [0.5, 0.6) is 5.75 Å². The SMILES string of the molecule is CC(C)(C)c1ccc(OCC(=O)N/N=C\c2ccccc2[N+](=O)[O-])c(Br)c1. The normalized spacial score (nSPS) is 11.4. The van der Waals surface area contributed by atoms with Crippen LogP contribution in [0.1, 0.15) is 31.9 Å². The molecule has 2 rings (SSSR count). The van der Waals surface area contributed by atoms with Crippen molar-refractivity contribution in [2.75, 3.05) is 6.61 Å². The van der Waals surface area contributed by atoms with Crippen molar-refractivity contribution in [2.24, 2.45) is 5.10 Å². The van der Waals surface area contributed by atoms with E-state index in [4.69, 9.17) is 4.74 Å². The number of rotatable bonds is 6. The summed E-state index contributed by atoms with van der Waals surface area (Å²) in [6.45, 7) is 6.09. The summed E-state index contributed by atoms with van der Waals surface area (Å²) in [4.78, 5) is 22.3. The number of benzene rings is 2. The first-order valence-electron chi connectivity index (χ1n) is 8.16. The number of para-hydroxylation sites is 1. The molecule has 0 bridgehead atoms. The Kier molecular flexibility index (Phi) is 6.68. The number of carbonyl (C=O) groups is 1. The summed E-state index contributed by atoms with van der Waals surface area (Å²) in [6.07, 6.45) is 1.23. The molecule has 0 spiro atoms. The molecule has 0 aliphatic rings. The van der Waals surface area contributed by atoms with E-state index >= 15 is 0 Å². The topological polar surface area (TPSA) is 93.8 Å². The third kappa shape index (κ3) is 5.89. The number of nitrogens with zero attached hydrogens (tertiary/aromatic N) is 2. The molecular weight excluding hydrogens is 414 g/mol. The van der Waals surface area contributed by atoms with E-state index in [1.807, 2.05) is 12.1 Å². The van der Waals surface area contributed by atoms with Crippen molar-refractivity contribution in [1.82, 2.24) is 5.43 Å². The number of carbonyl (C=O) groups excluding carboxylic acids is 1. The van der Waals surface area contributed by atoms with Crippen molar-refractivity contribution in [2.45, 2.75) is 26.2 Å². The van der Waals surface area contributed by atoms with Gasteiger partial charge < -0.3 is 4.74 Å². The van der Waals surface area contributed by atoms with E-state index < -0.39 is 10.8 Å². The van der Waals surface area contributed by atoms with Gasteiger partial charge in [0.15, 0.2) is 6.61 Å². The molecule has 0 atom stereocenters. The maximum absolute atomic E-state index is 11.9. The summed E-state index contributed by atoms with van der Waals surface area (Å²) in [5, 5.41) is 14.7. The highest BCUT2D eigenvalue weighted by molar-refractivity contribution is 9.10. The minimum atomic E-state index is -0.509. The largest absolute Gasteiger partial charge is 0.483 e. The van der Waals surface area contributed by atoms with Crippen LogP contribution in [0, 0.1) is 10.1 Å². The molecule has 2 aromatic carbocycles. The molecule has 0 saturated carbocycles. The van der Waals surface area contributed by atoms with E-state index in [-0.39, 0.29) is 17.7 Å². The molecule has 0 aliphatic heterocycles. The molecule has 0 fully saturated rings. The van der Waals surface area contributed by atoms with E-state index in [1.54, 1.807) is 18.2 Å². The summed E-state index contributed by atoms with van der Waals surface area (Å²) in [5.74, 6) is 0.0671. The Hall–Kier alpha value is -2.74. The zero-order chi connectivity index (χ0) is 20.0. The van der Waals surface area contributed by atoms with Gasteiger partial charge in [-0.3, -0.25) is 14.9 Å². The van der Waals surface area contributed by atoms with Crippen LogP contribution >= 0.6 is 15.9 Å². The highest BCUT2D eigenvalue weighted by atomic mass is 79.9. The second-order valence-corrected chi connectivity index (χ2v) is 7.65. The number of halogens is 1. The van der Waals surface area contributed by atoms with Gasteiger partial charge in [-0.25, -0.2) is 5.43 Å².